The van der Waals surface area contributed by atoms with E-state index in [9.17, 15) is 14.7 Å². The highest BCUT2D eigenvalue weighted by Crippen LogP contribution is 2.33. The molecule has 3 rings (SSSR count). The summed E-state index contributed by atoms with van der Waals surface area (Å²) in [5, 5.41) is 12.1. The summed E-state index contributed by atoms with van der Waals surface area (Å²) in [6.45, 7) is 0.870. The number of nitrogens with zero attached hydrogens (tertiary/aromatic N) is 2. The Morgan fingerprint density at radius 1 is 1.48 bits per heavy atom. The number of hydrogen-bond acceptors (Lipinski definition) is 3. The number of imidazole rings is 1. The summed E-state index contributed by atoms with van der Waals surface area (Å²) in [7, 11) is 0. The van der Waals surface area contributed by atoms with Crippen LogP contribution < -0.4 is 5.32 Å². The number of carboxylic acid groups (broad SMARTS) is 1. The number of nitrogens with one attached hydrogen (secondary N) is 2. The van der Waals surface area contributed by atoms with Crippen molar-refractivity contribution in [3.8, 4) is 0 Å². The minimum atomic E-state index is -0.989. The van der Waals surface area contributed by atoms with Gasteiger partial charge in [0, 0.05) is 13.0 Å². The van der Waals surface area contributed by atoms with E-state index in [0.717, 1.165) is 30.1 Å². The van der Waals surface area contributed by atoms with Gasteiger partial charge in [0.2, 0.25) is 0 Å². The van der Waals surface area contributed by atoms with E-state index >= 15 is 0 Å². The Bertz CT molecular complexity index is 538. The molecular formula is C14H20N4O3. The van der Waals surface area contributed by atoms with Crippen molar-refractivity contribution in [1.29, 1.82) is 0 Å². The molecular weight excluding hydrogens is 272 g/mol. The summed E-state index contributed by atoms with van der Waals surface area (Å²) in [5.41, 5.74) is 1.56. The predicted molar refractivity (Wildman–Crippen MR) is 74.6 cm³/mol. The van der Waals surface area contributed by atoms with E-state index in [1.807, 2.05) is 0 Å². The van der Waals surface area contributed by atoms with Crippen molar-refractivity contribution in [2.75, 3.05) is 6.54 Å². The first-order valence-electron chi connectivity index (χ1n) is 7.43. The van der Waals surface area contributed by atoms with Crippen LogP contribution in [0.25, 0.3) is 0 Å². The van der Waals surface area contributed by atoms with Gasteiger partial charge in [0.15, 0.2) is 0 Å². The van der Waals surface area contributed by atoms with Gasteiger partial charge < -0.3 is 20.3 Å². The Balaban J connectivity index is 1.58. The standard InChI is InChI=1S/C14H20N4O3/c19-13(20)12-6-10-11(17-8-16-10)7-18(12)14(21)15-5-1-2-9-3-4-9/h8-9,12H,1-7H2,(H,15,21)(H,16,17)(H,19,20). The fourth-order valence-corrected chi connectivity index (χ4v) is 2.76. The first kappa shape index (κ1) is 13.9. The SMILES string of the molecule is O=C(O)C1Cc2nc[nH]c2CN1C(=O)NCCCC1CC1. The van der Waals surface area contributed by atoms with Crippen molar-refractivity contribution in [2.24, 2.45) is 5.92 Å². The van der Waals surface area contributed by atoms with E-state index in [0.29, 0.717) is 6.54 Å². The Kier molecular flexibility index (Phi) is 3.81. The van der Waals surface area contributed by atoms with Crippen molar-refractivity contribution < 1.29 is 14.7 Å². The number of carbonyl (C=O) groups excluding carboxylic acids is 1. The molecule has 1 unspecified atom stereocenters. The highest BCUT2D eigenvalue weighted by atomic mass is 16.4. The predicted octanol–water partition coefficient (Wildman–Crippen LogP) is 1.12. The number of aromatic amines is 1. The number of carbonyl (C=O) groups is 2. The maximum atomic E-state index is 12.2. The van der Waals surface area contributed by atoms with Gasteiger partial charge in [0.05, 0.1) is 24.3 Å². The minimum absolute atomic E-state index is 0.254. The second-order valence-electron chi connectivity index (χ2n) is 5.83. The molecule has 21 heavy (non-hydrogen) atoms. The number of hydrogen-bond donors (Lipinski definition) is 3. The second-order valence-corrected chi connectivity index (χ2v) is 5.83. The molecule has 2 amide bonds. The maximum absolute atomic E-state index is 12.2. The zero-order valence-corrected chi connectivity index (χ0v) is 11.8. The van der Waals surface area contributed by atoms with Crippen molar-refractivity contribution in [3.05, 3.63) is 17.7 Å². The lowest BCUT2D eigenvalue weighted by molar-refractivity contribution is -0.142. The summed E-state index contributed by atoms with van der Waals surface area (Å²) in [5.74, 6) is -0.145. The summed E-state index contributed by atoms with van der Waals surface area (Å²) in [6.07, 6.45) is 6.52. The molecule has 7 nitrogen and oxygen atoms in total. The highest BCUT2D eigenvalue weighted by molar-refractivity contribution is 5.83. The van der Waals surface area contributed by atoms with Crippen LogP contribution >= 0.6 is 0 Å². The Morgan fingerprint density at radius 2 is 2.29 bits per heavy atom. The smallest absolute Gasteiger partial charge is 0.326 e. The fraction of sp³-hybridized carbons (Fsp3) is 0.643. The number of urea groups is 1. The molecule has 0 radical (unpaired) electrons. The third-order valence-corrected chi connectivity index (χ3v) is 4.21. The van der Waals surface area contributed by atoms with Crippen LogP contribution in [0.15, 0.2) is 6.33 Å². The molecule has 1 aromatic rings. The Morgan fingerprint density at radius 3 is 3.00 bits per heavy atom. The molecule has 1 aliphatic carbocycles. The molecule has 0 saturated heterocycles. The van der Waals surface area contributed by atoms with Gasteiger partial charge in [-0.3, -0.25) is 0 Å². The minimum Gasteiger partial charge on any atom is -0.480 e. The van der Waals surface area contributed by atoms with Crippen LogP contribution in [-0.2, 0) is 17.8 Å². The Labute approximate surface area is 122 Å². The van der Waals surface area contributed by atoms with Gasteiger partial charge in [0.1, 0.15) is 6.04 Å². The lowest BCUT2D eigenvalue weighted by atomic mass is 10.0. The largest absolute Gasteiger partial charge is 0.480 e. The summed E-state index contributed by atoms with van der Waals surface area (Å²) in [6, 6.07) is -1.15. The van der Waals surface area contributed by atoms with Crippen LogP contribution in [0.4, 0.5) is 4.79 Å². The molecule has 0 spiro atoms. The molecule has 1 atom stereocenters. The summed E-state index contributed by atoms with van der Waals surface area (Å²) in [4.78, 5) is 32.0. The third kappa shape index (κ3) is 3.17. The molecule has 2 heterocycles. The zero-order valence-electron chi connectivity index (χ0n) is 11.8. The quantitative estimate of drug-likeness (QED) is 0.708. The van der Waals surface area contributed by atoms with Gasteiger partial charge in [0.25, 0.3) is 0 Å². The van der Waals surface area contributed by atoms with Crippen LogP contribution in [0.5, 0.6) is 0 Å². The molecule has 7 heteroatoms. The van der Waals surface area contributed by atoms with Gasteiger partial charge in [-0.05, 0) is 18.8 Å². The number of rotatable bonds is 5. The van der Waals surface area contributed by atoms with Crippen molar-refractivity contribution in [2.45, 2.75) is 44.7 Å². The average molecular weight is 292 g/mol. The molecule has 114 valence electrons. The van der Waals surface area contributed by atoms with E-state index in [1.54, 1.807) is 6.33 Å². The molecule has 0 bridgehead atoms. The van der Waals surface area contributed by atoms with Crippen molar-refractivity contribution >= 4 is 12.0 Å². The van der Waals surface area contributed by atoms with Crippen molar-refractivity contribution in [1.82, 2.24) is 20.2 Å². The lowest BCUT2D eigenvalue weighted by Crippen LogP contribution is -2.52. The molecule has 2 aliphatic rings. The molecule has 3 N–H and O–H groups in total. The summed E-state index contributed by atoms with van der Waals surface area (Å²) < 4.78 is 0. The maximum Gasteiger partial charge on any atom is 0.326 e. The molecule has 1 aliphatic heterocycles. The van der Waals surface area contributed by atoms with E-state index in [4.69, 9.17) is 0 Å². The van der Waals surface area contributed by atoms with Gasteiger partial charge in [-0.1, -0.05) is 12.8 Å². The third-order valence-electron chi connectivity index (χ3n) is 4.21. The first-order chi connectivity index (χ1) is 10.1. The first-order valence-corrected chi connectivity index (χ1v) is 7.43. The number of carboxylic acids is 1. The molecule has 1 aromatic heterocycles. The number of H-pyrrole nitrogens is 1. The van der Waals surface area contributed by atoms with Crippen LogP contribution in [0, 0.1) is 5.92 Å². The summed E-state index contributed by atoms with van der Waals surface area (Å²) >= 11 is 0. The van der Waals surface area contributed by atoms with Crippen LogP contribution in [0.1, 0.15) is 37.1 Å². The molecule has 1 saturated carbocycles. The zero-order chi connectivity index (χ0) is 14.8. The molecule has 0 aromatic carbocycles. The number of aromatic nitrogens is 2. The lowest BCUT2D eigenvalue weighted by Gasteiger charge is -2.32. The molecule has 1 fully saturated rings. The van der Waals surface area contributed by atoms with Gasteiger partial charge in [-0.15, -0.1) is 0 Å². The van der Waals surface area contributed by atoms with Gasteiger partial charge >= 0.3 is 12.0 Å². The van der Waals surface area contributed by atoms with Gasteiger partial charge in [-0.25, -0.2) is 14.6 Å². The van der Waals surface area contributed by atoms with Crippen LogP contribution in [-0.4, -0.2) is 44.6 Å². The van der Waals surface area contributed by atoms with E-state index in [1.165, 1.54) is 17.7 Å². The number of fused-ring (bicyclic) bond motifs is 1. The van der Waals surface area contributed by atoms with E-state index in [-0.39, 0.29) is 19.0 Å². The number of amides is 2. The number of aliphatic carboxylic acids is 1. The topological polar surface area (TPSA) is 98.3 Å². The highest BCUT2D eigenvalue weighted by Gasteiger charge is 2.35. The van der Waals surface area contributed by atoms with E-state index in [2.05, 4.69) is 15.3 Å². The van der Waals surface area contributed by atoms with Gasteiger partial charge in [-0.2, -0.15) is 0 Å². The Hall–Kier alpha value is -2.05. The second kappa shape index (κ2) is 5.75. The normalized spacial score (nSPS) is 21.0. The average Bonchev–Trinajstić information content (AvgIpc) is 3.17. The fourth-order valence-electron chi connectivity index (χ4n) is 2.76. The van der Waals surface area contributed by atoms with Crippen molar-refractivity contribution in [3.63, 3.8) is 0 Å². The van der Waals surface area contributed by atoms with Crippen LogP contribution in [0.3, 0.4) is 0 Å². The monoisotopic (exact) mass is 292 g/mol. The van der Waals surface area contributed by atoms with E-state index < -0.39 is 12.0 Å². The van der Waals surface area contributed by atoms with Crippen LogP contribution in [0.2, 0.25) is 0 Å².